The summed E-state index contributed by atoms with van der Waals surface area (Å²) < 4.78 is 0. The van der Waals surface area contributed by atoms with Crippen LogP contribution in [0.25, 0.3) is 0 Å². The van der Waals surface area contributed by atoms with E-state index in [-0.39, 0.29) is 18.4 Å². The van der Waals surface area contributed by atoms with E-state index in [1.54, 1.807) is 12.1 Å². The molecular weight excluding hydrogens is 178 g/mol. The lowest BCUT2D eigenvalue weighted by molar-refractivity contribution is 0.276. The largest absolute Gasteiger partial charge is 0.508 e. The predicted octanol–water partition coefficient (Wildman–Crippen LogP) is 1.34. The quantitative estimate of drug-likeness (QED) is 0.679. The summed E-state index contributed by atoms with van der Waals surface area (Å²) in [5.41, 5.74) is 7.94. The Balaban J connectivity index is 2.97. The zero-order valence-electron chi connectivity index (χ0n) is 8.40. The zero-order chi connectivity index (χ0) is 10.6. The number of rotatable bonds is 4. The first kappa shape index (κ1) is 11.0. The summed E-state index contributed by atoms with van der Waals surface area (Å²) in [4.78, 5) is 0. The topological polar surface area (TPSA) is 66.5 Å². The Bertz CT molecular complexity index is 299. The predicted molar refractivity (Wildman–Crippen MR) is 56.1 cm³/mol. The Morgan fingerprint density at radius 2 is 2.14 bits per heavy atom. The van der Waals surface area contributed by atoms with E-state index in [0.717, 1.165) is 17.5 Å². The number of nitrogens with two attached hydrogens (primary N) is 1. The third-order valence-electron chi connectivity index (χ3n) is 2.35. The van der Waals surface area contributed by atoms with Crippen molar-refractivity contribution >= 4 is 0 Å². The van der Waals surface area contributed by atoms with Gasteiger partial charge in [0.25, 0.3) is 0 Å². The smallest absolute Gasteiger partial charge is 0.115 e. The van der Waals surface area contributed by atoms with Crippen molar-refractivity contribution in [2.24, 2.45) is 5.73 Å². The molecule has 3 nitrogen and oxygen atoms in total. The fourth-order valence-corrected chi connectivity index (χ4v) is 1.54. The van der Waals surface area contributed by atoms with Crippen LogP contribution in [-0.4, -0.2) is 16.8 Å². The Kier molecular flexibility index (Phi) is 3.92. The molecule has 0 aliphatic carbocycles. The molecular formula is C11H17NO2. The molecule has 1 unspecified atom stereocenters. The second-order valence-corrected chi connectivity index (χ2v) is 3.36. The van der Waals surface area contributed by atoms with E-state index in [0.29, 0.717) is 6.42 Å². The summed E-state index contributed by atoms with van der Waals surface area (Å²) in [5, 5.41) is 18.1. The molecule has 14 heavy (non-hydrogen) atoms. The van der Waals surface area contributed by atoms with Crippen molar-refractivity contribution in [2.45, 2.75) is 25.8 Å². The Morgan fingerprint density at radius 3 is 2.71 bits per heavy atom. The van der Waals surface area contributed by atoms with E-state index in [1.807, 2.05) is 13.0 Å². The van der Waals surface area contributed by atoms with Gasteiger partial charge in [0, 0.05) is 12.6 Å². The van der Waals surface area contributed by atoms with E-state index >= 15 is 0 Å². The van der Waals surface area contributed by atoms with Gasteiger partial charge in [0.15, 0.2) is 0 Å². The second kappa shape index (κ2) is 4.98. The molecule has 3 heteroatoms. The van der Waals surface area contributed by atoms with Gasteiger partial charge in [-0.05, 0) is 36.1 Å². The molecule has 1 aromatic carbocycles. The lowest BCUT2D eigenvalue weighted by Crippen LogP contribution is -2.13. The number of benzene rings is 1. The number of phenols is 1. The van der Waals surface area contributed by atoms with Crippen molar-refractivity contribution in [3.05, 3.63) is 29.3 Å². The molecule has 0 amide bonds. The number of hydrogen-bond acceptors (Lipinski definition) is 3. The lowest BCUT2D eigenvalue weighted by Gasteiger charge is -2.15. The van der Waals surface area contributed by atoms with E-state index in [4.69, 9.17) is 10.8 Å². The van der Waals surface area contributed by atoms with Crippen LogP contribution in [0.2, 0.25) is 0 Å². The Labute approximate surface area is 84.2 Å². The number of hydrogen-bond donors (Lipinski definition) is 3. The molecule has 1 atom stereocenters. The standard InChI is InChI=1S/C11H17NO2/c1-2-8-3-4-9(14)7-10(8)11(12)5-6-13/h3-4,7,11,13-14H,2,5-6,12H2,1H3. The molecule has 0 aromatic heterocycles. The molecule has 78 valence electrons. The maximum Gasteiger partial charge on any atom is 0.115 e. The zero-order valence-corrected chi connectivity index (χ0v) is 8.40. The molecule has 0 saturated carbocycles. The van der Waals surface area contributed by atoms with Gasteiger partial charge in [0.1, 0.15) is 5.75 Å². The van der Waals surface area contributed by atoms with Crippen LogP contribution in [0, 0.1) is 0 Å². The summed E-state index contributed by atoms with van der Waals surface area (Å²) in [6.07, 6.45) is 1.41. The molecule has 0 aliphatic heterocycles. The first-order valence-corrected chi connectivity index (χ1v) is 4.87. The van der Waals surface area contributed by atoms with Crippen LogP contribution >= 0.6 is 0 Å². The first-order chi connectivity index (χ1) is 6.69. The molecule has 0 fully saturated rings. The van der Waals surface area contributed by atoms with Crippen LogP contribution in [0.4, 0.5) is 0 Å². The summed E-state index contributed by atoms with van der Waals surface area (Å²) >= 11 is 0. The summed E-state index contributed by atoms with van der Waals surface area (Å²) in [6.45, 7) is 2.11. The number of aryl methyl sites for hydroxylation is 1. The van der Waals surface area contributed by atoms with Gasteiger partial charge in [-0.15, -0.1) is 0 Å². The molecule has 0 aliphatic rings. The van der Waals surface area contributed by atoms with Gasteiger partial charge < -0.3 is 15.9 Å². The highest BCUT2D eigenvalue weighted by atomic mass is 16.3. The van der Waals surface area contributed by atoms with Gasteiger partial charge in [-0.1, -0.05) is 13.0 Å². The van der Waals surface area contributed by atoms with Gasteiger partial charge >= 0.3 is 0 Å². The normalized spacial score (nSPS) is 12.8. The number of aliphatic hydroxyl groups excluding tert-OH is 1. The fourth-order valence-electron chi connectivity index (χ4n) is 1.54. The average molecular weight is 195 g/mol. The molecule has 0 saturated heterocycles. The van der Waals surface area contributed by atoms with Gasteiger partial charge in [-0.25, -0.2) is 0 Å². The number of aliphatic hydroxyl groups is 1. The number of phenolic OH excluding ortho intramolecular Hbond substituents is 1. The minimum Gasteiger partial charge on any atom is -0.508 e. The van der Waals surface area contributed by atoms with Crippen LogP contribution in [0.15, 0.2) is 18.2 Å². The maximum atomic E-state index is 9.33. The number of aromatic hydroxyl groups is 1. The van der Waals surface area contributed by atoms with Crippen molar-refractivity contribution in [3.8, 4) is 5.75 Å². The van der Waals surface area contributed by atoms with Gasteiger partial charge in [-0.3, -0.25) is 0 Å². The van der Waals surface area contributed by atoms with Crippen molar-refractivity contribution in [2.75, 3.05) is 6.61 Å². The molecule has 0 radical (unpaired) electrons. The van der Waals surface area contributed by atoms with Crippen molar-refractivity contribution in [1.29, 1.82) is 0 Å². The summed E-state index contributed by atoms with van der Waals surface area (Å²) in [7, 11) is 0. The fraction of sp³-hybridized carbons (Fsp3) is 0.455. The highest BCUT2D eigenvalue weighted by Crippen LogP contribution is 2.23. The van der Waals surface area contributed by atoms with Gasteiger partial charge in [-0.2, -0.15) is 0 Å². The molecule has 1 rings (SSSR count). The van der Waals surface area contributed by atoms with Gasteiger partial charge in [0.05, 0.1) is 0 Å². The van der Waals surface area contributed by atoms with Crippen molar-refractivity contribution in [1.82, 2.24) is 0 Å². The monoisotopic (exact) mass is 195 g/mol. The van der Waals surface area contributed by atoms with E-state index < -0.39 is 0 Å². The minimum absolute atomic E-state index is 0.0694. The van der Waals surface area contributed by atoms with E-state index in [2.05, 4.69) is 0 Å². The molecule has 1 aromatic rings. The van der Waals surface area contributed by atoms with Crippen molar-refractivity contribution in [3.63, 3.8) is 0 Å². The maximum absolute atomic E-state index is 9.33. The second-order valence-electron chi connectivity index (χ2n) is 3.36. The molecule has 4 N–H and O–H groups in total. The highest BCUT2D eigenvalue weighted by molar-refractivity contribution is 5.36. The minimum atomic E-state index is -0.193. The Morgan fingerprint density at radius 1 is 1.43 bits per heavy atom. The highest BCUT2D eigenvalue weighted by Gasteiger charge is 2.10. The van der Waals surface area contributed by atoms with Crippen LogP contribution in [0.3, 0.4) is 0 Å². The van der Waals surface area contributed by atoms with Crippen LogP contribution in [-0.2, 0) is 6.42 Å². The summed E-state index contributed by atoms with van der Waals surface area (Å²) in [6, 6.07) is 5.02. The third kappa shape index (κ3) is 2.47. The van der Waals surface area contributed by atoms with Crippen LogP contribution in [0.5, 0.6) is 5.75 Å². The Hall–Kier alpha value is -1.06. The SMILES string of the molecule is CCc1ccc(O)cc1C(N)CCO. The summed E-state index contributed by atoms with van der Waals surface area (Å²) in [5.74, 6) is 0.227. The van der Waals surface area contributed by atoms with Crippen LogP contribution in [0.1, 0.15) is 30.5 Å². The third-order valence-corrected chi connectivity index (χ3v) is 2.35. The van der Waals surface area contributed by atoms with Crippen LogP contribution < -0.4 is 5.73 Å². The van der Waals surface area contributed by atoms with E-state index in [1.165, 1.54) is 0 Å². The lowest BCUT2D eigenvalue weighted by atomic mass is 9.97. The molecule has 0 bridgehead atoms. The first-order valence-electron chi connectivity index (χ1n) is 4.87. The van der Waals surface area contributed by atoms with Crippen molar-refractivity contribution < 1.29 is 10.2 Å². The molecule has 0 spiro atoms. The van der Waals surface area contributed by atoms with E-state index in [9.17, 15) is 5.11 Å². The molecule has 0 heterocycles. The van der Waals surface area contributed by atoms with Gasteiger partial charge in [0.2, 0.25) is 0 Å². The average Bonchev–Trinajstić information content (AvgIpc) is 2.18.